The van der Waals surface area contributed by atoms with Crippen LogP contribution in [0.5, 0.6) is 0 Å². The van der Waals surface area contributed by atoms with Crippen molar-refractivity contribution in [3.05, 3.63) is 129 Å². The molecule has 3 nitrogen and oxygen atoms in total. The van der Waals surface area contributed by atoms with Crippen molar-refractivity contribution in [2.75, 3.05) is 5.75 Å². The zero-order valence-corrected chi connectivity index (χ0v) is 25.2. The van der Waals surface area contributed by atoms with Gasteiger partial charge in [0, 0.05) is 31.5 Å². The van der Waals surface area contributed by atoms with Crippen LogP contribution in [-0.2, 0) is 18.4 Å². The number of hydrogen-bond donors (Lipinski definition) is 1. The first-order chi connectivity index (χ1) is 17.5. The fraction of sp³-hybridized carbons (Fsp3) is 0.138. The number of aromatic nitrogens is 2. The van der Waals surface area contributed by atoms with Crippen molar-refractivity contribution in [3.63, 3.8) is 0 Å². The fourth-order valence-electron chi connectivity index (χ4n) is 3.84. The Bertz CT molecular complexity index is 1460. The quantitative estimate of drug-likeness (QED) is 0.135. The Kier molecular flexibility index (Phi) is 10.1. The van der Waals surface area contributed by atoms with E-state index < -0.39 is 0 Å². The summed E-state index contributed by atoms with van der Waals surface area (Å²) in [6.45, 7) is 1.51. The van der Waals surface area contributed by atoms with Gasteiger partial charge in [-0.3, -0.25) is 5.41 Å². The number of thioether (sulfide) groups is 1. The van der Waals surface area contributed by atoms with Crippen LogP contribution in [0.2, 0.25) is 0 Å². The molecule has 0 radical (unpaired) electrons. The highest BCUT2D eigenvalue weighted by molar-refractivity contribution is 9.10. The molecule has 36 heavy (non-hydrogen) atoms. The molecule has 5 rings (SSSR count). The van der Waals surface area contributed by atoms with Gasteiger partial charge in [0.15, 0.2) is 0 Å². The summed E-state index contributed by atoms with van der Waals surface area (Å²) in [6.07, 6.45) is 0. The van der Waals surface area contributed by atoms with Crippen LogP contribution in [0, 0.1) is 5.41 Å². The fourth-order valence-corrected chi connectivity index (χ4v) is 5.76. The summed E-state index contributed by atoms with van der Waals surface area (Å²) in [4.78, 5) is 1.27. The first-order valence-corrected chi connectivity index (χ1v) is 15.2. The SMILES string of the molecule is BrCc1cccc(Br)c1.N=c1n(CCSc2ccccc2)c2ccccc2n1Cc1ccc(Br)cc1. The highest BCUT2D eigenvalue weighted by Gasteiger charge is 2.11. The number of nitrogens with zero attached hydrogens (tertiary/aromatic N) is 2. The van der Waals surface area contributed by atoms with Gasteiger partial charge < -0.3 is 9.13 Å². The Morgan fingerprint density at radius 1 is 0.667 bits per heavy atom. The number of benzene rings is 4. The second kappa shape index (κ2) is 13.5. The molecule has 0 saturated heterocycles. The van der Waals surface area contributed by atoms with Gasteiger partial charge in [0.1, 0.15) is 0 Å². The minimum Gasteiger partial charge on any atom is -0.310 e. The average molecular weight is 688 g/mol. The van der Waals surface area contributed by atoms with Gasteiger partial charge >= 0.3 is 0 Å². The van der Waals surface area contributed by atoms with E-state index in [9.17, 15) is 0 Å². The third-order valence-corrected chi connectivity index (χ3v) is 8.26. The van der Waals surface area contributed by atoms with E-state index in [0.29, 0.717) is 12.2 Å². The lowest BCUT2D eigenvalue weighted by Gasteiger charge is -2.06. The zero-order chi connectivity index (χ0) is 25.3. The van der Waals surface area contributed by atoms with Crippen LogP contribution in [-0.4, -0.2) is 14.9 Å². The summed E-state index contributed by atoms with van der Waals surface area (Å²) < 4.78 is 6.41. The molecule has 0 aliphatic carbocycles. The molecule has 7 heteroatoms. The van der Waals surface area contributed by atoms with E-state index >= 15 is 0 Å². The molecule has 0 saturated carbocycles. The summed E-state index contributed by atoms with van der Waals surface area (Å²) in [7, 11) is 0. The summed E-state index contributed by atoms with van der Waals surface area (Å²) in [5.74, 6) is 0.937. The molecule has 1 heterocycles. The molecule has 0 amide bonds. The van der Waals surface area contributed by atoms with Gasteiger partial charge in [0.25, 0.3) is 0 Å². The van der Waals surface area contributed by atoms with Crippen LogP contribution in [0.3, 0.4) is 0 Å². The summed E-state index contributed by atoms with van der Waals surface area (Å²) in [5, 5.41) is 9.68. The van der Waals surface area contributed by atoms with E-state index in [2.05, 4.69) is 130 Å². The monoisotopic (exact) mass is 685 g/mol. The predicted octanol–water partition coefficient (Wildman–Crippen LogP) is 8.87. The summed E-state index contributed by atoms with van der Waals surface area (Å²) >= 11 is 12.1. The maximum absolute atomic E-state index is 8.76. The highest BCUT2D eigenvalue weighted by atomic mass is 79.9. The van der Waals surface area contributed by atoms with Gasteiger partial charge in [-0.15, -0.1) is 11.8 Å². The molecule has 1 aromatic heterocycles. The van der Waals surface area contributed by atoms with Crippen molar-refractivity contribution in [3.8, 4) is 0 Å². The molecular weight excluding hydrogens is 662 g/mol. The first kappa shape index (κ1) is 27.0. The summed E-state index contributed by atoms with van der Waals surface area (Å²) in [6, 6.07) is 35.3. The minimum atomic E-state index is 0.549. The summed E-state index contributed by atoms with van der Waals surface area (Å²) in [5.41, 5.74) is 5.26. The smallest absolute Gasteiger partial charge is 0.203 e. The molecule has 0 aliphatic rings. The van der Waals surface area contributed by atoms with Crippen LogP contribution in [0.25, 0.3) is 11.0 Å². The topological polar surface area (TPSA) is 33.7 Å². The normalized spacial score (nSPS) is 10.8. The number of imidazole rings is 1. The Labute approximate surface area is 241 Å². The molecule has 0 atom stereocenters. The van der Waals surface area contributed by atoms with Crippen LogP contribution < -0.4 is 5.62 Å². The Morgan fingerprint density at radius 3 is 1.97 bits per heavy atom. The molecule has 5 aromatic rings. The van der Waals surface area contributed by atoms with Crippen molar-refractivity contribution < 1.29 is 0 Å². The van der Waals surface area contributed by atoms with E-state index in [4.69, 9.17) is 5.41 Å². The van der Waals surface area contributed by atoms with Crippen molar-refractivity contribution in [1.82, 2.24) is 9.13 Å². The van der Waals surface area contributed by atoms with E-state index in [0.717, 1.165) is 37.6 Å². The third-order valence-electron chi connectivity index (χ3n) is 5.60. The van der Waals surface area contributed by atoms with Crippen molar-refractivity contribution in [2.24, 2.45) is 0 Å². The number of para-hydroxylation sites is 2. The van der Waals surface area contributed by atoms with E-state index in [1.807, 2.05) is 42.1 Å². The molecule has 184 valence electrons. The Morgan fingerprint density at radius 2 is 1.33 bits per heavy atom. The first-order valence-electron chi connectivity index (χ1n) is 11.5. The predicted molar refractivity (Wildman–Crippen MR) is 163 cm³/mol. The lowest BCUT2D eigenvalue weighted by Crippen LogP contribution is -2.25. The molecule has 0 spiro atoms. The number of nitrogens with one attached hydrogen (secondary N) is 1. The van der Waals surface area contributed by atoms with E-state index in [1.54, 1.807) is 0 Å². The number of hydrogen-bond acceptors (Lipinski definition) is 2. The zero-order valence-electron chi connectivity index (χ0n) is 19.6. The van der Waals surface area contributed by atoms with Crippen molar-refractivity contribution >= 4 is 70.6 Å². The number of fused-ring (bicyclic) bond motifs is 1. The van der Waals surface area contributed by atoms with Crippen molar-refractivity contribution in [1.29, 1.82) is 5.41 Å². The maximum atomic E-state index is 8.76. The molecule has 1 N–H and O–H groups in total. The molecule has 0 fully saturated rings. The Hall–Kier alpha value is -2.06. The van der Waals surface area contributed by atoms with Crippen LogP contribution in [0.4, 0.5) is 0 Å². The van der Waals surface area contributed by atoms with Crippen LogP contribution >= 0.6 is 59.6 Å². The molecule has 0 bridgehead atoms. The Balaban J connectivity index is 0.000000286. The van der Waals surface area contributed by atoms with Crippen molar-refractivity contribution in [2.45, 2.75) is 23.3 Å². The van der Waals surface area contributed by atoms with E-state index in [1.165, 1.54) is 16.0 Å². The largest absolute Gasteiger partial charge is 0.310 e. The minimum absolute atomic E-state index is 0.549. The highest BCUT2D eigenvalue weighted by Crippen LogP contribution is 2.20. The van der Waals surface area contributed by atoms with Crippen LogP contribution in [0.15, 0.2) is 117 Å². The maximum Gasteiger partial charge on any atom is 0.203 e. The lowest BCUT2D eigenvalue weighted by atomic mass is 10.2. The van der Waals surface area contributed by atoms with E-state index in [-0.39, 0.29) is 0 Å². The number of aryl methyl sites for hydroxylation is 1. The van der Waals surface area contributed by atoms with Gasteiger partial charge in [-0.2, -0.15) is 0 Å². The number of rotatable bonds is 7. The molecule has 4 aromatic carbocycles. The molecular formula is C29H26Br3N3S. The third kappa shape index (κ3) is 7.25. The standard InChI is InChI=1S/C22H20BrN3S.C7H6Br2/c23-18-12-10-17(11-13-18)16-26-21-9-5-4-8-20(21)25(22(26)24)14-15-27-19-6-2-1-3-7-19;8-5-6-2-1-3-7(9)4-6/h1-13,24H,14-16H2;1-4H,5H2. The number of halogens is 3. The van der Waals surface area contributed by atoms with Gasteiger partial charge in [-0.1, -0.05) is 102 Å². The van der Waals surface area contributed by atoms with Gasteiger partial charge in [-0.25, -0.2) is 0 Å². The second-order valence-corrected chi connectivity index (χ2v) is 11.7. The van der Waals surface area contributed by atoms with Gasteiger partial charge in [-0.05, 0) is 59.7 Å². The van der Waals surface area contributed by atoms with Gasteiger partial charge in [0.2, 0.25) is 5.62 Å². The second-order valence-electron chi connectivity index (χ2n) is 8.10. The molecule has 0 unspecified atom stereocenters. The average Bonchev–Trinajstić information content (AvgIpc) is 3.17. The van der Waals surface area contributed by atoms with Crippen LogP contribution in [0.1, 0.15) is 11.1 Å². The van der Waals surface area contributed by atoms with Gasteiger partial charge in [0.05, 0.1) is 17.6 Å². The lowest BCUT2D eigenvalue weighted by molar-refractivity contribution is 0.653. The molecule has 0 aliphatic heterocycles. The number of alkyl halides is 1.